The lowest BCUT2D eigenvalue weighted by atomic mass is 10.7. The number of nitrogens with zero attached hydrogens (tertiary/aromatic N) is 1. The van der Waals surface area contributed by atoms with Crippen molar-refractivity contribution in [3.05, 3.63) is 12.4 Å². The fourth-order valence-electron chi connectivity index (χ4n) is 0.428. The molecule has 0 amide bonds. The Kier molecular flexibility index (Phi) is 2.44. The number of nitrogens with one attached hydrogen (secondary N) is 1. The summed E-state index contributed by atoms with van der Waals surface area (Å²) >= 11 is 10.8. The third-order valence-electron chi connectivity index (χ3n) is 0.707. The molecular weight excluding hydrogens is 198 g/mol. The highest BCUT2D eigenvalue weighted by atomic mass is 35.5. The van der Waals surface area contributed by atoms with Crippen LogP contribution in [-0.4, -0.2) is 14.1 Å². The van der Waals surface area contributed by atoms with Crippen LogP contribution in [0.25, 0.3) is 0 Å². The first-order valence-corrected chi connectivity index (χ1v) is 3.90. The summed E-state index contributed by atoms with van der Waals surface area (Å²) in [7, 11) is 0. The average molecular weight is 201 g/mol. The molecule has 0 saturated heterocycles. The van der Waals surface area contributed by atoms with Crippen molar-refractivity contribution in [3.8, 4) is 0 Å². The van der Waals surface area contributed by atoms with Gasteiger partial charge in [0.2, 0.25) is 0 Å². The average Bonchev–Trinajstić information content (AvgIpc) is 2.12. The lowest BCUT2D eigenvalue weighted by Gasteiger charge is -2.04. The molecule has 1 heterocycles. The molecule has 0 fully saturated rings. The van der Waals surface area contributed by atoms with Gasteiger partial charge in [0.05, 0.1) is 11.1 Å². The van der Waals surface area contributed by atoms with Crippen LogP contribution in [0.3, 0.4) is 0 Å². The molecule has 0 radical (unpaired) electrons. The van der Waals surface area contributed by atoms with E-state index in [4.69, 9.17) is 23.2 Å². The van der Waals surface area contributed by atoms with Crippen LogP contribution in [0.1, 0.15) is 0 Å². The first-order chi connectivity index (χ1) is 4.58. The molecule has 1 rings (SSSR count). The smallest absolute Gasteiger partial charge is 0.285 e. The highest BCUT2D eigenvalue weighted by Gasteiger charge is 2.23. The number of hydrogen-bond acceptors (Lipinski definition) is 2. The predicted octanol–water partition coefficient (Wildman–Crippen LogP) is 2.56. The van der Waals surface area contributed by atoms with Gasteiger partial charge in [0.25, 0.3) is 0 Å². The molecule has 0 aliphatic rings. The standard InChI is InChI=1S/C4H3Cl2FN2S/c5-4(6,7)10-3-1-8-9-2-3/h1-2H,(H,8,9). The van der Waals surface area contributed by atoms with E-state index in [1.54, 1.807) is 0 Å². The highest BCUT2D eigenvalue weighted by molar-refractivity contribution is 8.03. The SMILES string of the molecule is FC(Cl)(Cl)Sc1cn[nH]c1. The van der Waals surface area contributed by atoms with Crippen LogP contribution in [0.15, 0.2) is 17.3 Å². The third kappa shape index (κ3) is 2.77. The summed E-state index contributed by atoms with van der Waals surface area (Å²) in [5.74, 6) is 0. The molecular formula is C4H3Cl2FN2S. The lowest BCUT2D eigenvalue weighted by Crippen LogP contribution is -1.93. The second-order valence-corrected chi connectivity index (χ2v) is 4.40. The zero-order valence-electron chi connectivity index (χ0n) is 4.64. The summed E-state index contributed by atoms with van der Waals surface area (Å²) in [6.07, 6.45) is 2.94. The number of rotatable bonds is 2. The number of aromatic nitrogens is 2. The van der Waals surface area contributed by atoms with Crippen molar-refractivity contribution in [2.75, 3.05) is 0 Å². The van der Waals surface area contributed by atoms with Crippen molar-refractivity contribution in [3.63, 3.8) is 0 Å². The molecule has 0 spiro atoms. The maximum absolute atomic E-state index is 12.4. The molecule has 0 unspecified atom stereocenters. The van der Waals surface area contributed by atoms with Gasteiger partial charge in [-0.15, -0.1) is 0 Å². The minimum absolute atomic E-state index is 0.563. The van der Waals surface area contributed by atoms with Gasteiger partial charge in [0.1, 0.15) is 0 Å². The second-order valence-electron chi connectivity index (χ2n) is 1.48. The van der Waals surface area contributed by atoms with Crippen LogP contribution in [-0.2, 0) is 0 Å². The number of thioether (sulfide) groups is 1. The van der Waals surface area contributed by atoms with Crippen LogP contribution in [0.2, 0.25) is 0 Å². The molecule has 10 heavy (non-hydrogen) atoms. The molecule has 0 saturated carbocycles. The summed E-state index contributed by atoms with van der Waals surface area (Å²) in [4.78, 5) is 0.563. The van der Waals surface area contributed by atoms with E-state index in [2.05, 4.69) is 10.2 Å². The number of aromatic amines is 1. The van der Waals surface area contributed by atoms with Gasteiger partial charge in [0, 0.05) is 6.20 Å². The minimum atomic E-state index is -2.27. The minimum Gasteiger partial charge on any atom is -0.285 e. The summed E-state index contributed by atoms with van der Waals surface area (Å²) < 4.78 is 10.1. The molecule has 0 aliphatic heterocycles. The monoisotopic (exact) mass is 200 g/mol. The molecule has 0 aromatic carbocycles. The van der Waals surface area contributed by atoms with Crippen molar-refractivity contribution in [2.24, 2.45) is 0 Å². The predicted molar refractivity (Wildman–Crippen MR) is 40.0 cm³/mol. The maximum atomic E-state index is 12.4. The van der Waals surface area contributed by atoms with E-state index in [1.165, 1.54) is 12.4 Å². The summed E-state index contributed by atoms with van der Waals surface area (Å²) in [5, 5.41) is 6.07. The molecule has 0 atom stereocenters. The quantitative estimate of drug-likeness (QED) is 0.588. The van der Waals surface area contributed by atoms with Crippen LogP contribution >= 0.6 is 35.0 Å². The fourth-order valence-corrected chi connectivity index (χ4v) is 1.45. The van der Waals surface area contributed by atoms with E-state index in [-0.39, 0.29) is 0 Å². The Morgan fingerprint density at radius 3 is 2.80 bits per heavy atom. The van der Waals surface area contributed by atoms with Crippen molar-refractivity contribution in [1.29, 1.82) is 0 Å². The summed E-state index contributed by atoms with van der Waals surface area (Å²) in [6, 6.07) is 0. The Morgan fingerprint density at radius 2 is 2.40 bits per heavy atom. The van der Waals surface area contributed by atoms with E-state index >= 15 is 0 Å². The van der Waals surface area contributed by atoms with Gasteiger partial charge in [0.15, 0.2) is 0 Å². The Balaban J connectivity index is 2.57. The summed E-state index contributed by atoms with van der Waals surface area (Å²) in [6.45, 7) is 0. The molecule has 2 nitrogen and oxygen atoms in total. The topological polar surface area (TPSA) is 28.7 Å². The van der Waals surface area contributed by atoms with Crippen molar-refractivity contribution < 1.29 is 4.39 Å². The number of H-pyrrole nitrogens is 1. The molecule has 1 aromatic rings. The van der Waals surface area contributed by atoms with Gasteiger partial charge < -0.3 is 0 Å². The first-order valence-electron chi connectivity index (χ1n) is 2.32. The molecule has 0 aliphatic carbocycles. The lowest BCUT2D eigenvalue weighted by molar-refractivity contribution is 0.516. The molecule has 1 aromatic heterocycles. The fraction of sp³-hybridized carbons (Fsp3) is 0.250. The molecule has 1 N–H and O–H groups in total. The van der Waals surface area contributed by atoms with Crippen molar-refractivity contribution in [1.82, 2.24) is 10.2 Å². The van der Waals surface area contributed by atoms with Crippen molar-refractivity contribution in [2.45, 2.75) is 8.81 Å². The van der Waals surface area contributed by atoms with E-state index in [0.29, 0.717) is 16.7 Å². The van der Waals surface area contributed by atoms with Gasteiger partial charge in [-0.05, 0) is 11.8 Å². The normalized spacial score (nSPS) is 11.9. The Morgan fingerprint density at radius 1 is 1.70 bits per heavy atom. The number of hydrogen-bond donors (Lipinski definition) is 1. The molecule has 0 bridgehead atoms. The molecule has 56 valence electrons. The van der Waals surface area contributed by atoms with Crippen molar-refractivity contribution >= 4 is 35.0 Å². The van der Waals surface area contributed by atoms with E-state index < -0.39 is 3.92 Å². The first kappa shape index (κ1) is 8.17. The van der Waals surface area contributed by atoms with Gasteiger partial charge in [-0.1, -0.05) is 23.2 Å². The van der Waals surface area contributed by atoms with Gasteiger partial charge >= 0.3 is 3.92 Å². The Bertz CT molecular complexity index is 196. The van der Waals surface area contributed by atoms with Crippen LogP contribution in [0, 0.1) is 0 Å². The number of halogens is 3. The third-order valence-corrected chi connectivity index (χ3v) is 1.86. The van der Waals surface area contributed by atoms with E-state index in [1.807, 2.05) is 0 Å². The Labute approximate surface area is 71.1 Å². The number of alkyl halides is 3. The molecule has 6 heteroatoms. The summed E-state index contributed by atoms with van der Waals surface area (Å²) in [5.41, 5.74) is 0. The Hall–Kier alpha value is 0.0700. The highest BCUT2D eigenvalue weighted by Crippen LogP contribution is 2.40. The van der Waals surface area contributed by atoms with Crippen LogP contribution in [0.5, 0.6) is 0 Å². The maximum Gasteiger partial charge on any atom is 0.309 e. The van der Waals surface area contributed by atoms with Crippen LogP contribution in [0.4, 0.5) is 4.39 Å². The second kappa shape index (κ2) is 2.98. The zero-order chi connectivity index (χ0) is 7.61. The largest absolute Gasteiger partial charge is 0.309 e. The van der Waals surface area contributed by atoms with Gasteiger partial charge in [-0.25, -0.2) is 0 Å². The zero-order valence-corrected chi connectivity index (χ0v) is 6.97. The van der Waals surface area contributed by atoms with Gasteiger partial charge in [-0.3, -0.25) is 5.10 Å². The van der Waals surface area contributed by atoms with Crippen LogP contribution < -0.4 is 0 Å². The van der Waals surface area contributed by atoms with Gasteiger partial charge in [-0.2, -0.15) is 9.49 Å². The van der Waals surface area contributed by atoms with E-state index in [9.17, 15) is 4.39 Å². The van der Waals surface area contributed by atoms with E-state index in [0.717, 1.165) is 0 Å².